The number of pyridine rings is 1. The van der Waals surface area contributed by atoms with Crippen LogP contribution in [0.5, 0.6) is 0 Å². The Labute approximate surface area is 125 Å². The smallest absolute Gasteiger partial charge is 0.273 e. The Hall–Kier alpha value is -1.79. The van der Waals surface area contributed by atoms with Crippen LogP contribution in [0.25, 0.3) is 0 Å². The van der Waals surface area contributed by atoms with Crippen molar-refractivity contribution in [2.45, 2.75) is 19.5 Å². The highest BCUT2D eigenvalue weighted by molar-refractivity contribution is 9.10. The minimum absolute atomic E-state index is 0.0941. The molecule has 0 aliphatic heterocycles. The highest BCUT2D eigenvalue weighted by Gasteiger charge is 2.14. The highest BCUT2D eigenvalue weighted by atomic mass is 79.9. The van der Waals surface area contributed by atoms with Crippen LogP contribution in [0.4, 0.5) is 5.69 Å². The zero-order valence-corrected chi connectivity index (χ0v) is 12.5. The van der Waals surface area contributed by atoms with Gasteiger partial charge < -0.3 is 5.32 Å². The summed E-state index contributed by atoms with van der Waals surface area (Å²) in [5.41, 5.74) is 1.88. The van der Waals surface area contributed by atoms with E-state index in [1.165, 1.54) is 6.07 Å². The minimum Gasteiger partial charge on any atom is -0.306 e. The molecule has 0 spiro atoms. The molecule has 0 saturated heterocycles. The van der Waals surface area contributed by atoms with Gasteiger partial charge in [-0.25, -0.2) is 0 Å². The van der Waals surface area contributed by atoms with Crippen molar-refractivity contribution in [1.82, 2.24) is 10.3 Å². The maximum absolute atomic E-state index is 11.0. The van der Waals surface area contributed by atoms with Crippen molar-refractivity contribution in [2.24, 2.45) is 0 Å². The zero-order chi connectivity index (χ0) is 14.5. The summed E-state index contributed by atoms with van der Waals surface area (Å²) in [5, 5.41) is 14.3. The first-order valence-electron chi connectivity index (χ1n) is 6.14. The van der Waals surface area contributed by atoms with E-state index in [1.807, 2.05) is 19.1 Å². The number of aromatic nitrogens is 1. The van der Waals surface area contributed by atoms with Crippen molar-refractivity contribution in [3.8, 4) is 0 Å². The first-order valence-corrected chi connectivity index (χ1v) is 6.93. The molecule has 104 valence electrons. The monoisotopic (exact) mass is 335 g/mol. The molecule has 0 bridgehead atoms. The molecule has 0 radical (unpaired) electrons. The lowest BCUT2D eigenvalue weighted by Crippen LogP contribution is -2.18. The Kier molecular flexibility index (Phi) is 4.81. The van der Waals surface area contributed by atoms with Crippen molar-refractivity contribution in [3.05, 3.63) is 68.4 Å². The van der Waals surface area contributed by atoms with Crippen molar-refractivity contribution in [3.63, 3.8) is 0 Å². The van der Waals surface area contributed by atoms with E-state index < -0.39 is 0 Å². The molecule has 20 heavy (non-hydrogen) atoms. The lowest BCUT2D eigenvalue weighted by molar-refractivity contribution is -0.385. The van der Waals surface area contributed by atoms with Crippen LogP contribution in [-0.4, -0.2) is 9.91 Å². The van der Waals surface area contributed by atoms with Crippen molar-refractivity contribution in [1.29, 1.82) is 0 Å². The van der Waals surface area contributed by atoms with E-state index in [1.54, 1.807) is 24.5 Å². The zero-order valence-electron chi connectivity index (χ0n) is 10.9. The predicted molar refractivity (Wildman–Crippen MR) is 80.3 cm³/mol. The molecular weight excluding hydrogens is 322 g/mol. The normalized spacial score (nSPS) is 12.1. The van der Waals surface area contributed by atoms with Crippen LogP contribution < -0.4 is 5.32 Å². The van der Waals surface area contributed by atoms with Crippen LogP contribution in [0.1, 0.15) is 24.1 Å². The summed E-state index contributed by atoms with van der Waals surface area (Å²) < 4.78 is 0.830. The molecule has 1 aromatic heterocycles. The van der Waals surface area contributed by atoms with Gasteiger partial charge in [0.05, 0.1) is 4.92 Å². The molecule has 5 nitrogen and oxygen atoms in total. The van der Waals surface area contributed by atoms with Crippen LogP contribution in [0.3, 0.4) is 0 Å². The number of hydrogen-bond acceptors (Lipinski definition) is 4. The lowest BCUT2D eigenvalue weighted by atomic mass is 10.1. The summed E-state index contributed by atoms with van der Waals surface area (Å²) in [6.45, 7) is 2.44. The van der Waals surface area contributed by atoms with Crippen molar-refractivity contribution in [2.75, 3.05) is 0 Å². The molecule has 0 aliphatic rings. The third-order valence-corrected chi connectivity index (χ3v) is 3.54. The molecule has 1 atom stereocenters. The van der Waals surface area contributed by atoms with E-state index in [9.17, 15) is 10.1 Å². The summed E-state index contributed by atoms with van der Waals surface area (Å²) in [7, 11) is 0. The molecule has 0 aliphatic carbocycles. The number of nitrogens with one attached hydrogen (secondary N) is 1. The van der Waals surface area contributed by atoms with E-state index >= 15 is 0 Å². The van der Waals surface area contributed by atoms with Gasteiger partial charge in [-0.05, 0) is 36.8 Å². The van der Waals surface area contributed by atoms with Crippen LogP contribution in [0.2, 0.25) is 0 Å². The molecule has 2 rings (SSSR count). The van der Waals surface area contributed by atoms with Crippen LogP contribution in [0.15, 0.2) is 47.2 Å². The number of nitrogens with zero attached hydrogens (tertiary/aromatic N) is 2. The number of halogens is 1. The average molecular weight is 336 g/mol. The second-order valence-electron chi connectivity index (χ2n) is 4.41. The van der Waals surface area contributed by atoms with Gasteiger partial charge in [-0.2, -0.15) is 0 Å². The Morgan fingerprint density at radius 2 is 2.05 bits per heavy atom. The van der Waals surface area contributed by atoms with Gasteiger partial charge >= 0.3 is 0 Å². The maximum atomic E-state index is 11.0. The third kappa shape index (κ3) is 3.61. The van der Waals surface area contributed by atoms with Gasteiger partial charge in [-0.1, -0.05) is 15.9 Å². The number of benzene rings is 1. The van der Waals surface area contributed by atoms with Gasteiger partial charge in [-0.15, -0.1) is 0 Å². The average Bonchev–Trinajstić information content (AvgIpc) is 2.45. The molecule has 2 aromatic rings. The fraction of sp³-hybridized carbons (Fsp3) is 0.214. The second-order valence-corrected chi connectivity index (χ2v) is 5.33. The SMILES string of the molecule is C[C@H](NCc1cc(Br)ccc1[N+](=O)[O-])c1ccncc1. The second kappa shape index (κ2) is 6.58. The summed E-state index contributed by atoms with van der Waals surface area (Å²) in [6, 6.07) is 8.90. The molecule has 0 unspecified atom stereocenters. The Morgan fingerprint density at radius 3 is 2.70 bits per heavy atom. The molecule has 0 amide bonds. The van der Waals surface area contributed by atoms with E-state index in [0.717, 1.165) is 10.0 Å². The standard InChI is InChI=1S/C14H14BrN3O2/c1-10(11-4-6-16-7-5-11)17-9-12-8-13(15)2-3-14(12)18(19)20/h2-8,10,17H,9H2,1H3/t10-/m0/s1. The number of rotatable bonds is 5. The van der Waals surface area contributed by atoms with E-state index in [4.69, 9.17) is 0 Å². The summed E-state index contributed by atoms with van der Waals surface area (Å²) in [6.07, 6.45) is 3.46. The molecular formula is C14H14BrN3O2. The molecule has 6 heteroatoms. The quantitative estimate of drug-likeness (QED) is 0.669. The van der Waals surface area contributed by atoms with E-state index in [0.29, 0.717) is 12.1 Å². The molecule has 1 aromatic carbocycles. The predicted octanol–water partition coefficient (Wildman–Crippen LogP) is 3.60. The number of hydrogen-bond donors (Lipinski definition) is 1. The third-order valence-electron chi connectivity index (χ3n) is 3.04. The first kappa shape index (κ1) is 14.6. The number of nitro benzene ring substituents is 1. The minimum atomic E-state index is -0.361. The summed E-state index contributed by atoms with van der Waals surface area (Å²) in [5.74, 6) is 0. The highest BCUT2D eigenvalue weighted by Crippen LogP contribution is 2.23. The Morgan fingerprint density at radius 1 is 1.35 bits per heavy atom. The van der Waals surface area contributed by atoms with Gasteiger partial charge in [0.25, 0.3) is 5.69 Å². The molecule has 1 heterocycles. The van der Waals surface area contributed by atoms with Crippen molar-refractivity contribution >= 4 is 21.6 Å². The van der Waals surface area contributed by atoms with Gasteiger partial charge in [0, 0.05) is 41.1 Å². The summed E-state index contributed by atoms with van der Waals surface area (Å²) in [4.78, 5) is 14.6. The van der Waals surface area contributed by atoms with Crippen LogP contribution in [-0.2, 0) is 6.54 Å². The topological polar surface area (TPSA) is 68.1 Å². The van der Waals surface area contributed by atoms with E-state index in [-0.39, 0.29) is 16.7 Å². The fourth-order valence-corrected chi connectivity index (χ4v) is 2.32. The van der Waals surface area contributed by atoms with Crippen LogP contribution in [0, 0.1) is 10.1 Å². The Balaban J connectivity index is 2.11. The summed E-state index contributed by atoms with van der Waals surface area (Å²) >= 11 is 3.34. The number of nitro groups is 1. The van der Waals surface area contributed by atoms with Crippen molar-refractivity contribution < 1.29 is 4.92 Å². The Bertz CT molecular complexity index is 605. The molecule has 1 N–H and O–H groups in total. The van der Waals surface area contributed by atoms with Crippen LogP contribution >= 0.6 is 15.9 Å². The van der Waals surface area contributed by atoms with Gasteiger partial charge in [-0.3, -0.25) is 15.1 Å². The van der Waals surface area contributed by atoms with Gasteiger partial charge in [0.1, 0.15) is 0 Å². The largest absolute Gasteiger partial charge is 0.306 e. The van der Waals surface area contributed by atoms with Gasteiger partial charge in [0.2, 0.25) is 0 Å². The fourth-order valence-electron chi connectivity index (χ4n) is 1.91. The van der Waals surface area contributed by atoms with Gasteiger partial charge in [0.15, 0.2) is 0 Å². The maximum Gasteiger partial charge on any atom is 0.273 e. The first-order chi connectivity index (χ1) is 9.58. The molecule has 0 fully saturated rings. The lowest BCUT2D eigenvalue weighted by Gasteiger charge is -2.14. The van der Waals surface area contributed by atoms with E-state index in [2.05, 4.69) is 26.2 Å². The molecule has 0 saturated carbocycles.